The number of nitrogens with zero attached hydrogens (tertiary/aromatic N) is 3. The number of hydrogen-bond donors (Lipinski definition) is 2. The van der Waals surface area contributed by atoms with Gasteiger partial charge < -0.3 is 15.1 Å². The highest BCUT2D eigenvalue weighted by atomic mass is 16.4. The van der Waals surface area contributed by atoms with Crippen molar-refractivity contribution >= 4 is 11.9 Å². The van der Waals surface area contributed by atoms with Gasteiger partial charge in [-0.3, -0.25) is 9.59 Å². The number of rotatable bonds is 5. The van der Waals surface area contributed by atoms with E-state index < -0.39 is 17.5 Å². The molecule has 2 N–H and O–H groups in total. The van der Waals surface area contributed by atoms with Crippen LogP contribution in [-0.2, 0) is 4.79 Å². The molecule has 2 atom stereocenters. The maximum absolute atomic E-state index is 13.1. The quantitative estimate of drug-likeness (QED) is 0.840. The Kier molecular flexibility index (Phi) is 4.47. The van der Waals surface area contributed by atoms with Gasteiger partial charge in [0, 0.05) is 31.0 Å². The van der Waals surface area contributed by atoms with E-state index in [0.29, 0.717) is 24.4 Å². The van der Waals surface area contributed by atoms with Gasteiger partial charge in [-0.2, -0.15) is 5.10 Å². The van der Waals surface area contributed by atoms with Crippen molar-refractivity contribution in [2.75, 3.05) is 13.1 Å². The number of hydrogen-bond acceptors (Lipinski definition) is 4. The fourth-order valence-corrected chi connectivity index (χ4v) is 3.97. The number of amides is 1. The van der Waals surface area contributed by atoms with E-state index in [1.165, 1.54) is 0 Å². The molecule has 1 saturated carbocycles. The van der Waals surface area contributed by atoms with Crippen molar-refractivity contribution in [1.29, 1.82) is 0 Å². The Balaban J connectivity index is 1.58. The number of aliphatic hydroxyl groups excluding tert-OH is 1. The average molecular weight is 369 g/mol. The molecular weight excluding hydrogens is 346 g/mol. The largest absolute Gasteiger partial charge is 0.481 e. The number of carboxylic acids is 1. The molecule has 7 nitrogen and oxygen atoms in total. The molecule has 2 aliphatic rings. The molecule has 1 aromatic carbocycles. The second kappa shape index (κ2) is 6.81. The van der Waals surface area contributed by atoms with Crippen LogP contribution in [0.25, 0.3) is 5.69 Å². The first-order chi connectivity index (χ1) is 13.0. The lowest BCUT2D eigenvalue weighted by Gasteiger charge is -2.43. The van der Waals surface area contributed by atoms with E-state index in [0.717, 1.165) is 18.5 Å². The van der Waals surface area contributed by atoms with Crippen molar-refractivity contribution in [3.8, 4) is 5.69 Å². The zero-order valence-corrected chi connectivity index (χ0v) is 15.0. The van der Waals surface area contributed by atoms with E-state index in [2.05, 4.69) is 5.10 Å². The van der Waals surface area contributed by atoms with E-state index in [1.54, 1.807) is 46.2 Å². The molecule has 2 aromatic rings. The van der Waals surface area contributed by atoms with E-state index in [9.17, 15) is 19.8 Å². The van der Waals surface area contributed by atoms with Crippen LogP contribution in [0, 0.1) is 11.3 Å². The van der Waals surface area contributed by atoms with Crippen LogP contribution in [0.15, 0.2) is 42.7 Å². The van der Waals surface area contributed by atoms with Gasteiger partial charge in [-0.1, -0.05) is 18.9 Å². The maximum atomic E-state index is 13.1. The van der Waals surface area contributed by atoms with Crippen molar-refractivity contribution in [2.45, 2.75) is 31.8 Å². The first-order valence-electron chi connectivity index (χ1n) is 9.30. The van der Waals surface area contributed by atoms with Crippen molar-refractivity contribution < 1.29 is 19.8 Å². The Morgan fingerprint density at radius 1 is 1.22 bits per heavy atom. The van der Waals surface area contributed by atoms with Gasteiger partial charge in [-0.15, -0.1) is 0 Å². The third-order valence-corrected chi connectivity index (χ3v) is 5.71. The van der Waals surface area contributed by atoms with E-state index in [4.69, 9.17) is 0 Å². The first kappa shape index (κ1) is 17.7. The van der Waals surface area contributed by atoms with E-state index >= 15 is 0 Å². The summed E-state index contributed by atoms with van der Waals surface area (Å²) < 4.78 is 1.67. The van der Waals surface area contributed by atoms with Crippen molar-refractivity contribution in [1.82, 2.24) is 14.7 Å². The van der Waals surface area contributed by atoms with Crippen LogP contribution in [0.1, 0.15) is 36.0 Å². The summed E-state index contributed by atoms with van der Waals surface area (Å²) in [6.45, 7) is 0.399. The monoisotopic (exact) mass is 369 g/mol. The fraction of sp³-hybridized carbons (Fsp3) is 0.450. The molecule has 1 saturated heterocycles. The molecule has 1 amide bonds. The highest BCUT2D eigenvalue weighted by molar-refractivity contribution is 5.95. The summed E-state index contributed by atoms with van der Waals surface area (Å²) in [5.74, 6) is -0.879. The predicted octanol–water partition coefficient (Wildman–Crippen LogP) is 1.95. The summed E-state index contributed by atoms with van der Waals surface area (Å²) in [7, 11) is 0. The van der Waals surface area contributed by atoms with Gasteiger partial charge >= 0.3 is 5.97 Å². The lowest BCUT2D eigenvalue weighted by atomic mass is 9.73. The first-order valence-corrected chi connectivity index (χ1v) is 9.30. The summed E-state index contributed by atoms with van der Waals surface area (Å²) in [4.78, 5) is 26.7. The molecule has 0 unspecified atom stereocenters. The van der Waals surface area contributed by atoms with Gasteiger partial charge in [-0.05, 0) is 43.0 Å². The minimum Gasteiger partial charge on any atom is -0.481 e. The third kappa shape index (κ3) is 3.35. The van der Waals surface area contributed by atoms with Crippen LogP contribution in [0.2, 0.25) is 0 Å². The van der Waals surface area contributed by atoms with Gasteiger partial charge in [-0.25, -0.2) is 4.68 Å². The summed E-state index contributed by atoms with van der Waals surface area (Å²) in [5, 5.41) is 24.5. The highest BCUT2D eigenvalue weighted by Crippen LogP contribution is 2.45. The number of aromatic nitrogens is 2. The summed E-state index contributed by atoms with van der Waals surface area (Å²) in [5.41, 5.74) is -0.00948. The van der Waals surface area contributed by atoms with Crippen molar-refractivity contribution in [3.63, 3.8) is 0 Å². The molecule has 0 spiro atoms. The molecule has 2 fully saturated rings. The topological polar surface area (TPSA) is 95.7 Å². The van der Waals surface area contributed by atoms with Crippen LogP contribution in [-0.4, -0.2) is 56.0 Å². The molecule has 1 aliphatic carbocycles. The Morgan fingerprint density at radius 2 is 2.04 bits per heavy atom. The van der Waals surface area contributed by atoms with Gasteiger partial charge in [0.1, 0.15) is 5.41 Å². The highest BCUT2D eigenvalue weighted by Gasteiger charge is 2.52. The zero-order chi connectivity index (χ0) is 19.0. The molecule has 1 aliphatic heterocycles. The van der Waals surface area contributed by atoms with Gasteiger partial charge in [0.2, 0.25) is 0 Å². The average Bonchev–Trinajstić information content (AvgIpc) is 3.31. The molecule has 2 heterocycles. The SMILES string of the molecule is O=C(c1cccc(-n2cccn2)c1)N1CC[C@@H](O)[C@](CC2CC2)(C(=O)O)C1. The summed E-state index contributed by atoms with van der Waals surface area (Å²) in [6.07, 6.45) is 5.26. The van der Waals surface area contributed by atoms with Gasteiger partial charge in [0.15, 0.2) is 0 Å². The van der Waals surface area contributed by atoms with E-state index in [-0.39, 0.29) is 18.9 Å². The van der Waals surface area contributed by atoms with Crippen LogP contribution in [0.4, 0.5) is 0 Å². The number of carbonyl (C=O) groups excluding carboxylic acids is 1. The van der Waals surface area contributed by atoms with Gasteiger partial charge in [0.05, 0.1) is 11.8 Å². The molecule has 0 bridgehead atoms. The maximum Gasteiger partial charge on any atom is 0.314 e. The molecule has 4 rings (SSSR count). The summed E-state index contributed by atoms with van der Waals surface area (Å²) in [6, 6.07) is 8.93. The summed E-state index contributed by atoms with van der Waals surface area (Å²) >= 11 is 0. The predicted molar refractivity (Wildman–Crippen MR) is 97.5 cm³/mol. The number of piperidine rings is 1. The minimum absolute atomic E-state index is 0.0465. The Bertz CT molecular complexity index is 847. The lowest BCUT2D eigenvalue weighted by molar-refractivity contribution is -0.163. The standard InChI is InChI=1S/C20H23N3O4/c24-17-7-10-22(13-20(17,19(26)27)12-14-5-6-14)18(25)15-3-1-4-16(11-15)23-9-2-8-21-23/h1-4,8-9,11,14,17,24H,5-7,10,12-13H2,(H,26,27)/t17-,20-/m1/s1. The second-order valence-electron chi connectivity index (χ2n) is 7.64. The lowest BCUT2D eigenvalue weighted by Crippen LogP contribution is -2.57. The smallest absolute Gasteiger partial charge is 0.314 e. The van der Waals surface area contributed by atoms with E-state index in [1.807, 2.05) is 6.07 Å². The Morgan fingerprint density at radius 3 is 2.70 bits per heavy atom. The molecule has 0 radical (unpaired) electrons. The minimum atomic E-state index is -1.27. The van der Waals surface area contributed by atoms with Crippen molar-refractivity contribution in [2.24, 2.45) is 11.3 Å². The normalized spacial score (nSPS) is 25.4. The van der Waals surface area contributed by atoms with Crippen LogP contribution < -0.4 is 0 Å². The molecule has 1 aromatic heterocycles. The zero-order valence-electron chi connectivity index (χ0n) is 15.0. The van der Waals surface area contributed by atoms with Crippen LogP contribution in [0.3, 0.4) is 0 Å². The number of aliphatic hydroxyl groups is 1. The van der Waals surface area contributed by atoms with Gasteiger partial charge in [0.25, 0.3) is 5.91 Å². The number of carboxylic acid groups (broad SMARTS) is 1. The number of likely N-dealkylation sites (tertiary alicyclic amines) is 1. The molecule has 7 heteroatoms. The van der Waals surface area contributed by atoms with Crippen LogP contribution >= 0.6 is 0 Å². The molecular formula is C20H23N3O4. The third-order valence-electron chi connectivity index (χ3n) is 5.71. The van der Waals surface area contributed by atoms with Crippen molar-refractivity contribution in [3.05, 3.63) is 48.3 Å². The van der Waals surface area contributed by atoms with Crippen LogP contribution in [0.5, 0.6) is 0 Å². The number of aliphatic carboxylic acids is 1. The Labute approximate surface area is 157 Å². The molecule has 27 heavy (non-hydrogen) atoms. The molecule has 142 valence electrons. The fourth-order valence-electron chi connectivity index (χ4n) is 3.97. The Hall–Kier alpha value is -2.67. The number of benzene rings is 1. The second-order valence-corrected chi connectivity index (χ2v) is 7.64. The number of carbonyl (C=O) groups is 2.